The van der Waals surface area contributed by atoms with E-state index in [-0.39, 0.29) is 11.3 Å². The van der Waals surface area contributed by atoms with Crippen LogP contribution in [-0.2, 0) is 19.1 Å². The molecule has 1 aromatic carbocycles. The zero-order valence-electron chi connectivity index (χ0n) is 18.7. The highest BCUT2D eigenvalue weighted by atomic mass is 16.7. The van der Waals surface area contributed by atoms with E-state index in [1.54, 1.807) is 0 Å². The largest absolute Gasteiger partial charge is 0.504 e. The van der Waals surface area contributed by atoms with Crippen LogP contribution < -0.4 is 4.74 Å². The summed E-state index contributed by atoms with van der Waals surface area (Å²) in [6.45, 7) is -0.661. The molecule has 200 valence electrons. The number of hydrogen-bond donors (Lipinski definition) is 9. The molecule has 0 spiro atoms. The van der Waals surface area contributed by atoms with E-state index < -0.39 is 91.8 Å². The zero-order chi connectivity index (χ0) is 26.8. The molecule has 1 heterocycles. The number of esters is 1. The molecule has 3 rings (SSSR count). The summed E-state index contributed by atoms with van der Waals surface area (Å²) < 4.78 is 15.5. The molecule has 7 atom stereocenters. The molecular weight excluding hydrogens is 488 g/mol. The van der Waals surface area contributed by atoms with Crippen molar-refractivity contribution in [1.82, 2.24) is 0 Å². The van der Waals surface area contributed by atoms with Crippen molar-refractivity contribution in [1.29, 1.82) is 0 Å². The molecule has 1 saturated heterocycles. The summed E-state index contributed by atoms with van der Waals surface area (Å²) in [5, 5.41) is 88.2. The second kappa shape index (κ2) is 11.1. The maximum absolute atomic E-state index is 12.1. The van der Waals surface area contributed by atoms with Crippen molar-refractivity contribution in [3.63, 3.8) is 0 Å². The topological polar surface area (TPSA) is 244 Å². The SMILES string of the molecule is O=C(/C=C/c1ccc(O[C@H]2O[C@@H](CO)[C@H](O)[C@@H](O)[C@@H]2O)c(O)c1)OC1[C@H](O)CC(O)(C(=O)O)C[C@H]1O. The lowest BCUT2D eigenvalue weighted by Gasteiger charge is -2.39. The van der Waals surface area contributed by atoms with Gasteiger partial charge in [-0.1, -0.05) is 6.07 Å². The van der Waals surface area contributed by atoms with Gasteiger partial charge in [0.15, 0.2) is 23.2 Å². The van der Waals surface area contributed by atoms with Gasteiger partial charge in [-0.25, -0.2) is 9.59 Å². The van der Waals surface area contributed by atoms with Gasteiger partial charge in [0.1, 0.15) is 24.4 Å². The van der Waals surface area contributed by atoms with E-state index in [1.165, 1.54) is 24.3 Å². The molecule has 1 saturated carbocycles. The van der Waals surface area contributed by atoms with Crippen molar-refractivity contribution in [2.45, 2.75) is 67.5 Å². The lowest BCUT2D eigenvalue weighted by molar-refractivity contribution is -0.277. The highest BCUT2D eigenvalue weighted by Crippen LogP contribution is 2.33. The predicted molar refractivity (Wildman–Crippen MR) is 115 cm³/mol. The predicted octanol–water partition coefficient (Wildman–Crippen LogP) is -3.17. The minimum atomic E-state index is -2.35. The fourth-order valence-electron chi connectivity index (χ4n) is 3.96. The van der Waals surface area contributed by atoms with Crippen LogP contribution in [0.5, 0.6) is 11.5 Å². The molecule has 0 bridgehead atoms. The molecule has 0 unspecified atom stereocenters. The Balaban J connectivity index is 1.61. The van der Waals surface area contributed by atoms with Crippen LogP contribution in [0.25, 0.3) is 6.08 Å². The molecule has 1 aliphatic carbocycles. The van der Waals surface area contributed by atoms with Gasteiger partial charge in [0.2, 0.25) is 6.29 Å². The number of carboxylic acids is 1. The standard InChI is InChI=1S/C22H28O14/c23-8-14-16(28)17(29)18(30)20(35-14)34-13-3-1-9(5-10(13)24)2-4-15(27)36-19-11(25)6-22(33,21(31)32)7-12(19)26/h1-5,11-12,14,16-20,23-26,28-30,33H,6-8H2,(H,31,32)/b4-2+/t11-,12-,14+,16+,17-,18+,19?,20+,22?/m1/s1. The van der Waals surface area contributed by atoms with Crippen molar-refractivity contribution in [2.75, 3.05) is 6.61 Å². The van der Waals surface area contributed by atoms with E-state index in [4.69, 9.17) is 19.3 Å². The van der Waals surface area contributed by atoms with Crippen LogP contribution in [0.3, 0.4) is 0 Å². The monoisotopic (exact) mass is 516 g/mol. The van der Waals surface area contributed by atoms with Crippen LogP contribution in [0.4, 0.5) is 0 Å². The van der Waals surface area contributed by atoms with Crippen molar-refractivity contribution < 1.29 is 69.8 Å². The van der Waals surface area contributed by atoms with Gasteiger partial charge >= 0.3 is 11.9 Å². The third-order valence-electron chi connectivity index (χ3n) is 5.99. The van der Waals surface area contributed by atoms with Gasteiger partial charge in [0, 0.05) is 18.9 Å². The highest BCUT2D eigenvalue weighted by Gasteiger charge is 2.50. The molecule has 1 aromatic rings. The lowest BCUT2D eigenvalue weighted by atomic mass is 9.79. The molecule has 14 heteroatoms. The van der Waals surface area contributed by atoms with E-state index in [0.717, 1.165) is 6.08 Å². The van der Waals surface area contributed by atoms with Crippen LogP contribution in [0.15, 0.2) is 24.3 Å². The Bertz CT molecular complexity index is 965. The third-order valence-corrected chi connectivity index (χ3v) is 5.99. The molecule has 0 radical (unpaired) electrons. The first-order valence-electron chi connectivity index (χ1n) is 10.9. The molecule has 9 N–H and O–H groups in total. The van der Waals surface area contributed by atoms with E-state index in [1.807, 2.05) is 0 Å². The highest BCUT2D eigenvalue weighted by molar-refractivity contribution is 5.87. The fraction of sp³-hybridized carbons (Fsp3) is 0.545. The molecule has 2 aliphatic rings. The number of aliphatic carboxylic acids is 1. The summed E-state index contributed by atoms with van der Waals surface area (Å²) in [7, 11) is 0. The molecule has 0 aromatic heterocycles. The van der Waals surface area contributed by atoms with E-state index in [2.05, 4.69) is 0 Å². The molecule has 0 amide bonds. The lowest BCUT2D eigenvalue weighted by Crippen LogP contribution is -2.60. The van der Waals surface area contributed by atoms with Crippen LogP contribution in [0, 0.1) is 0 Å². The number of aliphatic hydroxyl groups is 7. The summed E-state index contributed by atoms with van der Waals surface area (Å²) in [4.78, 5) is 23.3. The van der Waals surface area contributed by atoms with Gasteiger partial charge in [-0.15, -0.1) is 0 Å². The normalized spacial score (nSPS) is 37.0. The number of carboxylic acid groups (broad SMARTS) is 1. The van der Waals surface area contributed by atoms with Crippen LogP contribution in [-0.4, -0.2) is 119 Å². The summed E-state index contributed by atoms with van der Waals surface area (Å²) in [6.07, 6.45) is -11.5. The maximum Gasteiger partial charge on any atom is 0.335 e. The maximum atomic E-state index is 12.1. The summed E-state index contributed by atoms with van der Waals surface area (Å²) in [6, 6.07) is 3.81. The Morgan fingerprint density at radius 3 is 2.25 bits per heavy atom. The van der Waals surface area contributed by atoms with Crippen LogP contribution >= 0.6 is 0 Å². The molecule has 36 heavy (non-hydrogen) atoms. The molecule has 1 aliphatic heterocycles. The van der Waals surface area contributed by atoms with Gasteiger partial charge in [-0.3, -0.25) is 0 Å². The number of carbonyl (C=O) groups excluding carboxylic acids is 1. The molecule has 2 fully saturated rings. The number of aromatic hydroxyl groups is 1. The Kier molecular flexibility index (Phi) is 8.53. The second-order valence-electron chi connectivity index (χ2n) is 8.66. The van der Waals surface area contributed by atoms with Gasteiger partial charge in [-0.2, -0.15) is 0 Å². The average molecular weight is 516 g/mol. The minimum Gasteiger partial charge on any atom is -0.504 e. The average Bonchev–Trinajstić information content (AvgIpc) is 2.81. The van der Waals surface area contributed by atoms with Gasteiger partial charge in [-0.05, 0) is 23.8 Å². The number of carbonyl (C=O) groups is 2. The van der Waals surface area contributed by atoms with E-state index in [9.17, 15) is 50.4 Å². The first-order chi connectivity index (χ1) is 16.9. The first kappa shape index (κ1) is 27.8. The number of rotatable bonds is 7. The van der Waals surface area contributed by atoms with Gasteiger partial charge in [0.25, 0.3) is 0 Å². The Morgan fingerprint density at radius 1 is 1.06 bits per heavy atom. The van der Waals surface area contributed by atoms with E-state index >= 15 is 0 Å². The van der Waals surface area contributed by atoms with Gasteiger partial charge in [0.05, 0.1) is 18.8 Å². The van der Waals surface area contributed by atoms with Crippen molar-refractivity contribution in [3.05, 3.63) is 29.8 Å². The van der Waals surface area contributed by atoms with Crippen molar-refractivity contribution in [2.24, 2.45) is 0 Å². The fourth-order valence-corrected chi connectivity index (χ4v) is 3.96. The quantitative estimate of drug-likeness (QED) is 0.128. The number of ether oxygens (including phenoxy) is 3. The smallest absolute Gasteiger partial charge is 0.335 e. The first-order valence-corrected chi connectivity index (χ1v) is 10.9. The number of benzene rings is 1. The number of phenols is 1. The summed E-state index contributed by atoms with van der Waals surface area (Å²) in [5.41, 5.74) is -2.08. The van der Waals surface area contributed by atoms with Crippen molar-refractivity contribution in [3.8, 4) is 11.5 Å². The Labute approximate surface area is 203 Å². The third kappa shape index (κ3) is 5.93. The second-order valence-corrected chi connectivity index (χ2v) is 8.66. The van der Waals surface area contributed by atoms with Crippen LogP contribution in [0.1, 0.15) is 18.4 Å². The minimum absolute atomic E-state index is 0.182. The van der Waals surface area contributed by atoms with Crippen LogP contribution in [0.2, 0.25) is 0 Å². The number of aliphatic hydroxyl groups excluding tert-OH is 6. The Morgan fingerprint density at radius 2 is 1.69 bits per heavy atom. The Hall–Kier alpha value is -2.82. The van der Waals surface area contributed by atoms with Gasteiger partial charge < -0.3 is 60.2 Å². The molecule has 14 nitrogen and oxygen atoms in total. The summed E-state index contributed by atoms with van der Waals surface area (Å²) >= 11 is 0. The van der Waals surface area contributed by atoms with Crippen molar-refractivity contribution >= 4 is 18.0 Å². The molecular formula is C22H28O14. The summed E-state index contributed by atoms with van der Waals surface area (Å²) in [5.74, 6) is -3.25. The number of phenolic OH excluding ortho intramolecular Hbond substituents is 1. The van der Waals surface area contributed by atoms with E-state index in [0.29, 0.717) is 0 Å². The number of hydrogen-bond acceptors (Lipinski definition) is 13. The zero-order valence-corrected chi connectivity index (χ0v) is 18.7.